The molecule has 1 fully saturated rings. The van der Waals surface area contributed by atoms with E-state index < -0.39 is 0 Å². The second kappa shape index (κ2) is 9.59. The normalized spacial score (nSPS) is 20.1. The summed E-state index contributed by atoms with van der Waals surface area (Å²) in [5, 5.41) is 0. The molecule has 2 aromatic rings. The number of aromatic nitrogens is 2. The van der Waals surface area contributed by atoms with Crippen LogP contribution in [-0.4, -0.2) is 36.1 Å². The number of ether oxygens (including phenoxy) is 1. The number of carbonyl (C=O) groups is 1. The molecule has 3 atom stereocenters. The van der Waals surface area contributed by atoms with Crippen LogP contribution in [0.25, 0.3) is 11.3 Å². The van der Waals surface area contributed by atoms with E-state index in [0.717, 1.165) is 48.0 Å². The molecule has 3 unspecified atom stereocenters. The highest BCUT2D eigenvalue weighted by molar-refractivity contribution is 5.82. The van der Waals surface area contributed by atoms with Crippen molar-refractivity contribution in [2.45, 2.75) is 59.8 Å². The first kappa shape index (κ1) is 22.3. The van der Waals surface area contributed by atoms with Gasteiger partial charge in [0.1, 0.15) is 0 Å². The first-order valence-corrected chi connectivity index (χ1v) is 11.1. The van der Waals surface area contributed by atoms with Crippen LogP contribution in [0.15, 0.2) is 24.3 Å². The van der Waals surface area contributed by atoms with Crippen molar-refractivity contribution in [1.29, 1.82) is 0 Å². The summed E-state index contributed by atoms with van der Waals surface area (Å²) in [5.41, 5.74) is 4.83. The zero-order valence-electron chi connectivity index (χ0n) is 19.2. The molecule has 0 amide bonds. The summed E-state index contributed by atoms with van der Waals surface area (Å²) in [6, 6.07) is 8.36. The van der Waals surface area contributed by atoms with E-state index in [1.807, 2.05) is 6.92 Å². The zero-order valence-corrected chi connectivity index (χ0v) is 19.2. The van der Waals surface area contributed by atoms with Gasteiger partial charge in [-0.15, -0.1) is 0 Å². The van der Waals surface area contributed by atoms with Gasteiger partial charge >= 0.3 is 5.97 Å². The SMILES string of the molecule is CCCC(C(=O)OC)c1c(C)nc(N2CC(C)CC(C)C2)nc1-c1ccc(C)cc1. The average Bonchev–Trinajstić information content (AvgIpc) is 2.71. The van der Waals surface area contributed by atoms with Crippen LogP contribution in [0.3, 0.4) is 0 Å². The number of piperidine rings is 1. The lowest BCUT2D eigenvalue weighted by molar-refractivity contribution is -0.142. The summed E-state index contributed by atoms with van der Waals surface area (Å²) in [5.74, 6) is 1.42. The van der Waals surface area contributed by atoms with Crippen molar-refractivity contribution in [3.05, 3.63) is 41.1 Å². The summed E-state index contributed by atoms with van der Waals surface area (Å²) in [7, 11) is 1.46. The minimum atomic E-state index is -0.357. The number of carbonyl (C=O) groups excluding carboxylic acids is 1. The summed E-state index contributed by atoms with van der Waals surface area (Å²) < 4.78 is 5.15. The fraction of sp³-hybridized carbons (Fsp3) is 0.560. The molecular weight excluding hydrogens is 374 g/mol. The lowest BCUT2D eigenvalue weighted by Crippen LogP contribution is -2.40. The third-order valence-corrected chi connectivity index (χ3v) is 6.01. The third kappa shape index (κ3) is 4.82. The smallest absolute Gasteiger partial charge is 0.313 e. The topological polar surface area (TPSA) is 55.3 Å². The van der Waals surface area contributed by atoms with E-state index in [0.29, 0.717) is 18.3 Å². The number of methoxy groups -OCH3 is 1. The number of aryl methyl sites for hydroxylation is 2. The van der Waals surface area contributed by atoms with Crippen molar-refractivity contribution in [2.75, 3.05) is 25.1 Å². The van der Waals surface area contributed by atoms with Gasteiger partial charge in [0.05, 0.1) is 18.7 Å². The first-order valence-electron chi connectivity index (χ1n) is 11.1. The Hall–Kier alpha value is -2.43. The van der Waals surface area contributed by atoms with Gasteiger partial charge in [-0.2, -0.15) is 0 Å². The number of benzene rings is 1. The quantitative estimate of drug-likeness (QED) is 0.606. The van der Waals surface area contributed by atoms with E-state index in [-0.39, 0.29) is 11.9 Å². The van der Waals surface area contributed by atoms with Crippen LogP contribution in [-0.2, 0) is 9.53 Å². The number of hydrogen-bond acceptors (Lipinski definition) is 5. The molecule has 0 spiro atoms. The van der Waals surface area contributed by atoms with E-state index in [4.69, 9.17) is 14.7 Å². The fourth-order valence-corrected chi connectivity index (χ4v) is 4.69. The Morgan fingerprint density at radius 1 is 1.13 bits per heavy atom. The molecule has 1 aromatic carbocycles. The van der Waals surface area contributed by atoms with Gasteiger partial charge in [-0.05, 0) is 38.5 Å². The molecular formula is C25H35N3O2. The van der Waals surface area contributed by atoms with Crippen molar-refractivity contribution in [1.82, 2.24) is 9.97 Å². The number of anilines is 1. The van der Waals surface area contributed by atoms with E-state index in [1.54, 1.807) is 0 Å². The molecule has 0 N–H and O–H groups in total. The predicted molar refractivity (Wildman–Crippen MR) is 122 cm³/mol. The van der Waals surface area contributed by atoms with E-state index in [2.05, 4.69) is 56.9 Å². The summed E-state index contributed by atoms with van der Waals surface area (Å²) in [6.07, 6.45) is 2.83. The molecule has 1 saturated heterocycles. The summed E-state index contributed by atoms with van der Waals surface area (Å²) in [4.78, 5) is 24.9. The second-order valence-corrected chi connectivity index (χ2v) is 8.95. The molecule has 1 aliphatic heterocycles. The number of rotatable bonds is 6. The molecule has 1 aliphatic rings. The largest absolute Gasteiger partial charge is 0.469 e. The highest BCUT2D eigenvalue weighted by Gasteiger charge is 2.30. The lowest BCUT2D eigenvalue weighted by atomic mass is 9.89. The molecule has 0 saturated carbocycles. The van der Waals surface area contributed by atoms with Crippen LogP contribution in [0.4, 0.5) is 5.95 Å². The summed E-state index contributed by atoms with van der Waals surface area (Å²) in [6.45, 7) is 12.7. The van der Waals surface area contributed by atoms with Gasteiger partial charge in [0.25, 0.3) is 0 Å². The molecule has 162 valence electrons. The van der Waals surface area contributed by atoms with Gasteiger partial charge in [0.2, 0.25) is 5.95 Å². The summed E-state index contributed by atoms with van der Waals surface area (Å²) >= 11 is 0. The minimum Gasteiger partial charge on any atom is -0.469 e. The maximum absolute atomic E-state index is 12.7. The highest BCUT2D eigenvalue weighted by atomic mass is 16.5. The number of nitrogens with zero attached hydrogens (tertiary/aromatic N) is 3. The van der Waals surface area contributed by atoms with Gasteiger partial charge < -0.3 is 9.64 Å². The molecule has 1 aromatic heterocycles. The molecule has 5 nitrogen and oxygen atoms in total. The van der Waals surface area contributed by atoms with Crippen LogP contribution < -0.4 is 4.90 Å². The van der Waals surface area contributed by atoms with Gasteiger partial charge in [0.15, 0.2) is 0 Å². The predicted octanol–water partition coefficient (Wildman–Crippen LogP) is 5.30. The minimum absolute atomic E-state index is 0.218. The third-order valence-electron chi connectivity index (χ3n) is 6.01. The van der Waals surface area contributed by atoms with E-state index >= 15 is 0 Å². The van der Waals surface area contributed by atoms with Gasteiger partial charge in [0, 0.05) is 29.9 Å². The van der Waals surface area contributed by atoms with E-state index in [1.165, 1.54) is 19.1 Å². The van der Waals surface area contributed by atoms with Crippen molar-refractivity contribution < 1.29 is 9.53 Å². The Morgan fingerprint density at radius 2 is 1.77 bits per heavy atom. The Morgan fingerprint density at radius 3 is 2.33 bits per heavy atom. The standard InChI is InChI=1S/C25H35N3O2/c1-7-8-21(24(29)30-6)22-19(5)26-25(28-14-17(3)13-18(4)15-28)27-23(22)20-11-9-16(2)10-12-20/h9-12,17-18,21H,7-8,13-15H2,1-6H3. The van der Waals surface area contributed by atoms with Crippen molar-refractivity contribution in [3.63, 3.8) is 0 Å². The number of esters is 1. The van der Waals surface area contributed by atoms with Crippen LogP contribution >= 0.6 is 0 Å². The van der Waals surface area contributed by atoms with Gasteiger partial charge in [-0.1, -0.05) is 57.0 Å². The van der Waals surface area contributed by atoms with Crippen LogP contribution in [0.1, 0.15) is 62.8 Å². The van der Waals surface area contributed by atoms with Crippen molar-refractivity contribution >= 4 is 11.9 Å². The Balaban J connectivity index is 2.16. The molecule has 5 heteroatoms. The Bertz CT molecular complexity index is 869. The highest BCUT2D eigenvalue weighted by Crippen LogP contribution is 2.35. The van der Waals surface area contributed by atoms with E-state index in [9.17, 15) is 4.79 Å². The van der Waals surface area contributed by atoms with Gasteiger partial charge in [-0.3, -0.25) is 4.79 Å². The lowest BCUT2D eigenvalue weighted by Gasteiger charge is -2.35. The molecule has 30 heavy (non-hydrogen) atoms. The van der Waals surface area contributed by atoms with Crippen LogP contribution in [0.5, 0.6) is 0 Å². The number of hydrogen-bond donors (Lipinski definition) is 0. The average molecular weight is 410 g/mol. The Kier molecular flexibility index (Phi) is 7.11. The van der Waals surface area contributed by atoms with Crippen LogP contribution in [0, 0.1) is 25.7 Å². The monoisotopic (exact) mass is 409 g/mol. The molecule has 2 heterocycles. The van der Waals surface area contributed by atoms with Crippen LogP contribution in [0.2, 0.25) is 0 Å². The molecule has 3 rings (SSSR count). The second-order valence-electron chi connectivity index (χ2n) is 8.95. The molecule has 0 bridgehead atoms. The molecule has 0 radical (unpaired) electrons. The molecule has 0 aliphatic carbocycles. The Labute approximate surface area is 180 Å². The maximum Gasteiger partial charge on any atom is 0.313 e. The van der Waals surface area contributed by atoms with Gasteiger partial charge in [-0.25, -0.2) is 9.97 Å². The zero-order chi connectivity index (χ0) is 21.8. The van der Waals surface area contributed by atoms with Crippen molar-refractivity contribution in [2.24, 2.45) is 11.8 Å². The first-order chi connectivity index (χ1) is 14.3. The van der Waals surface area contributed by atoms with Crippen molar-refractivity contribution in [3.8, 4) is 11.3 Å². The maximum atomic E-state index is 12.7. The fourth-order valence-electron chi connectivity index (χ4n) is 4.69.